The summed E-state index contributed by atoms with van der Waals surface area (Å²) in [6, 6.07) is 14.2. The predicted molar refractivity (Wildman–Crippen MR) is 93.8 cm³/mol. The van der Waals surface area contributed by atoms with Gasteiger partial charge >= 0.3 is 0 Å². The summed E-state index contributed by atoms with van der Waals surface area (Å²) in [5, 5.41) is 2.85. The van der Waals surface area contributed by atoms with Crippen molar-refractivity contribution in [3.8, 4) is 5.75 Å². The van der Waals surface area contributed by atoms with Gasteiger partial charge in [0.15, 0.2) is 6.61 Å². The number of hydrogen-bond acceptors (Lipinski definition) is 2. The normalized spacial score (nSPS) is 10.7. The van der Waals surface area contributed by atoms with Gasteiger partial charge in [0.05, 0.1) is 0 Å². The smallest absolute Gasteiger partial charge is 0.257 e. The number of rotatable bonds is 8. The minimum absolute atomic E-state index is 0.0142. The summed E-state index contributed by atoms with van der Waals surface area (Å²) in [6.07, 6.45) is 1.61. The Bertz CT molecular complexity index is 653. The molecule has 0 bridgehead atoms. The first-order valence-electron chi connectivity index (χ1n) is 8.29. The lowest BCUT2D eigenvalue weighted by Gasteiger charge is -2.13. The fraction of sp³-hybridized carbons (Fsp3) is 0.350. The summed E-state index contributed by atoms with van der Waals surface area (Å²) < 4.78 is 18.4. The molecule has 0 heterocycles. The van der Waals surface area contributed by atoms with Crippen LogP contribution in [0.3, 0.4) is 0 Å². The molecule has 0 saturated heterocycles. The third-order valence-corrected chi connectivity index (χ3v) is 3.78. The molecule has 1 amide bonds. The first-order valence-corrected chi connectivity index (χ1v) is 8.29. The molecule has 0 aliphatic heterocycles. The number of amides is 1. The summed E-state index contributed by atoms with van der Waals surface area (Å²) in [4.78, 5) is 11.9. The molecule has 2 aromatic carbocycles. The van der Waals surface area contributed by atoms with Gasteiger partial charge in [-0.15, -0.1) is 0 Å². The Labute approximate surface area is 142 Å². The van der Waals surface area contributed by atoms with Gasteiger partial charge in [0.25, 0.3) is 5.91 Å². The minimum Gasteiger partial charge on any atom is -0.483 e. The van der Waals surface area contributed by atoms with E-state index in [1.165, 1.54) is 12.1 Å². The molecule has 0 radical (unpaired) electrons. The summed E-state index contributed by atoms with van der Waals surface area (Å²) in [7, 11) is 0. The molecule has 1 N–H and O–H groups in total. The van der Waals surface area contributed by atoms with Crippen molar-refractivity contribution in [3.63, 3.8) is 0 Å². The molecular formula is C20H24FNO2. The number of hydrogen-bond donors (Lipinski definition) is 1. The van der Waals surface area contributed by atoms with Crippen LogP contribution >= 0.6 is 0 Å². The highest BCUT2D eigenvalue weighted by atomic mass is 19.1. The van der Waals surface area contributed by atoms with Gasteiger partial charge in [0, 0.05) is 6.54 Å². The molecule has 0 fully saturated rings. The van der Waals surface area contributed by atoms with Crippen molar-refractivity contribution >= 4 is 5.91 Å². The molecule has 3 nitrogen and oxygen atoms in total. The second-order valence-corrected chi connectivity index (χ2v) is 6.06. The molecule has 24 heavy (non-hydrogen) atoms. The van der Waals surface area contributed by atoms with Crippen LogP contribution in [0.1, 0.15) is 37.3 Å². The van der Waals surface area contributed by atoms with Gasteiger partial charge in [0.1, 0.15) is 11.6 Å². The predicted octanol–water partition coefficient (Wildman–Crippen LogP) is 4.08. The van der Waals surface area contributed by atoms with Crippen molar-refractivity contribution in [3.05, 3.63) is 65.5 Å². The van der Waals surface area contributed by atoms with Crippen molar-refractivity contribution in [1.82, 2.24) is 5.32 Å². The van der Waals surface area contributed by atoms with Gasteiger partial charge in [-0.1, -0.05) is 44.2 Å². The van der Waals surface area contributed by atoms with Crippen LogP contribution in [0.2, 0.25) is 0 Å². The molecule has 0 aromatic heterocycles. The number of carbonyl (C=O) groups is 1. The van der Waals surface area contributed by atoms with E-state index >= 15 is 0 Å². The fourth-order valence-electron chi connectivity index (χ4n) is 2.45. The molecule has 0 unspecified atom stereocenters. The topological polar surface area (TPSA) is 38.3 Å². The van der Waals surface area contributed by atoms with Gasteiger partial charge in [-0.2, -0.15) is 0 Å². The summed E-state index contributed by atoms with van der Waals surface area (Å²) in [6.45, 7) is 4.78. The Balaban J connectivity index is 1.69. The van der Waals surface area contributed by atoms with Crippen LogP contribution in [0.15, 0.2) is 48.5 Å². The van der Waals surface area contributed by atoms with Crippen LogP contribution < -0.4 is 10.1 Å². The second kappa shape index (κ2) is 9.06. The van der Waals surface area contributed by atoms with E-state index in [1.807, 2.05) is 24.3 Å². The Morgan fingerprint density at radius 1 is 1.12 bits per heavy atom. The Morgan fingerprint density at radius 3 is 2.54 bits per heavy atom. The number of nitrogens with one attached hydrogen (secondary N) is 1. The zero-order valence-electron chi connectivity index (χ0n) is 14.2. The van der Waals surface area contributed by atoms with Crippen molar-refractivity contribution in [2.24, 2.45) is 0 Å². The van der Waals surface area contributed by atoms with Crippen molar-refractivity contribution in [2.45, 2.75) is 32.6 Å². The van der Waals surface area contributed by atoms with Crippen LogP contribution in [-0.4, -0.2) is 19.1 Å². The Kier molecular flexibility index (Phi) is 6.79. The fourth-order valence-corrected chi connectivity index (χ4v) is 2.45. The number of carbonyl (C=O) groups excluding carboxylic acids is 1. The number of aryl methyl sites for hydroxylation is 1. The van der Waals surface area contributed by atoms with Crippen LogP contribution in [0.5, 0.6) is 5.75 Å². The van der Waals surface area contributed by atoms with E-state index in [4.69, 9.17) is 4.74 Å². The van der Waals surface area contributed by atoms with Gasteiger partial charge in [0.2, 0.25) is 0 Å². The Hall–Kier alpha value is -2.36. The van der Waals surface area contributed by atoms with E-state index in [2.05, 4.69) is 19.2 Å². The van der Waals surface area contributed by atoms with Gasteiger partial charge in [-0.05, 0) is 48.1 Å². The van der Waals surface area contributed by atoms with E-state index in [9.17, 15) is 9.18 Å². The van der Waals surface area contributed by atoms with Crippen LogP contribution in [0.25, 0.3) is 0 Å². The quantitative estimate of drug-likeness (QED) is 0.741. The third kappa shape index (κ3) is 5.69. The molecule has 2 aromatic rings. The number of ether oxygens (including phenoxy) is 1. The maximum atomic E-state index is 12.8. The van der Waals surface area contributed by atoms with Crippen LogP contribution in [0.4, 0.5) is 4.39 Å². The largest absolute Gasteiger partial charge is 0.483 e. The summed E-state index contributed by atoms with van der Waals surface area (Å²) in [5.74, 6) is 0.743. The first-order chi connectivity index (χ1) is 11.6. The number of benzene rings is 2. The molecular weight excluding hydrogens is 305 g/mol. The molecule has 0 atom stereocenters. The lowest BCUT2D eigenvalue weighted by atomic mass is 10.0. The number of halogens is 1. The van der Waals surface area contributed by atoms with Gasteiger partial charge < -0.3 is 10.1 Å². The number of para-hydroxylation sites is 1. The maximum absolute atomic E-state index is 12.8. The molecule has 128 valence electrons. The van der Waals surface area contributed by atoms with E-state index in [0.717, 1.165) is 29.7 Å². The molecule has 0 aliphatic rings. The Morgan fingerprint density at radius 2 is 1.83 bits per heavy atom. The van der Waals surface area contributed by atoms with E-state index < -0.39 is 0 Å². The van der Waals surface area contributed by atoms with Gasteiger partial charge in [-0.25, -0.2) is 4.39 Å². The summed E-state index contributed by atoms with van der Waals surface area (Å²) in [5.41, 5.74) is 2.16. The van der Waals surface area contributed by atoms with E-state index in [1.54, 1.807) is 12.1 Å². The first kappa shape index (κ1) is 18.0. The van der Waals surface area contributed by atoms with E-state index in [-0.39, 0.29) is 18.3 Å². The zero-order valence-corrected chi connectivity index (χ0v) is 14.2. The molecule has 0 spiro atoms. The van der Waals surface area contributed by atoms with Gasteiger partial charge in [-0.3, -0.25) is 4.79 Å². The average Bonchev–Trinajstić information content (AvgIpc) is 2.58. The van der Waals surface area contributed by atoms with Crippen LogP contribution in [-0.2, 0) is 11.2 Å². The van der Waals surface area contributed by atoms with E-state index in [0.29, 0.717) is 12.5 Å². The lowest BCUT2D eigenvalue weighted by molar-refractivity contribution is -0.123. The van der Waals surface area contributed by atoms with Crippen molar-refractivity contribution in [1.29, 1.82) is 0 Å². The summed E-state index contributed by atoms with van der Waals surface area (Å²) >= 11 is 0. The maximum Gasteiger partial charge on any atom is 0.257 e. The second-order valence-electron chi connectivity index (χ2n) is 6.06. The molecule has 2 rings (SSSR count). The molecule has 4 heteroatoms. The van der Waals surface area contributed by atoms with Crippen LogP contribution in [0, 0.1) is 5.82 Å². The molecule has 0 aliphatic carbocycles. The average molecular weight is 329 g/mol. The lowest BCUT2D eigenvalue weighted by Crippen LogP contribution is -2.30. The highest BCUT2D eigenvalue weighted by Gasteiger charge is 2.08. The standard InChI is InChI=1S/C20H24FNO2/c1-15(2)18-7-3-4-8-19(18)24-14-20(23)22-13-5-6-16-9-11-17(21)12-10-16/h3-4,7-12,15H,5-6,13-14H2,1-2H3,(H,22,23). The third-order valence-electron chi connectivity index (χ3n) is 3.78. The highest BCUT2D eigenvalue weighted by Crippen LogP contribution is 2.25. The monoisotopic (exact) mass is 329 g/mol. The van der Waals surface area contributed by atoms with Crippen molar-refractivity contribution < 1.29 is 13.9 Å². The SMILES string of the molecule is CC(C)c1ccccc1OCC(=O)NCCCc1ccc(F)cc1. The zero-order chi connectivity index (χ0) is 17.4. The highest BCUT2D eigenvalue weighted by molar-refractivity contribution is 5.77. The minimum atomic E-state index is -0.231. The molecule has 0 saturated carbocycles. The van der Waals surface area contributed by atoms with Crippen molar-refractivity contribution in [2.75, 3.05) is 13.2 Å².